The first-order chi connectivity index (χ1) is 10.8. The van der Waals surface area contributed by atoms with Gasteiger partial charge in [-0.05, 0) is 17.7 Å². The third-order valence-corrected chi connectivity index (χ3v) is 3.70. The molecule has 7 heteroatoms. The Morgan fingerprint density at radius 1 is 1.41 bits per heavy atom. The van der Waals surface area contributed by atoms with E-state index in [9.17, 15) is 4.79 Å². The second kappa shape index (κ2) is 6.65. The highest BCUT2D eigenvalue weighted by molar-refractivity contribution is 5.79. The number of methoxy groups -OCH3 is 1. The van der Waals surface area contributed by atoms with Crippen molar-refractivity contribution in [1.82, 2.24) is 20.0 Å². The Kier molecular flexibility index (Phi) is 4.43. The molecule has 2 aromatic rings. The van der Waals surface area contributed by atoms with Crippen molar-refractivity contribution in [2.24, 2.45) is 0 Å². The first-order valence-electron chi connectivity index (χ1n) is 7.24. The predicted octanol–water partition coefficient (Wildman–Crippen LogP) is 1.17. The molecule has 7 nitrogen and oxygen atoms in total. The predicted molar refractivity (Wildman–Crippen MR) is 76.9 cm³/mol. The monoisotopic (exact) mass is 302 g/mol. The van der Waals surface area contributed by atoms with E-state index in [0.717, 1.165) is 5.56 Å². The Morgan fingerprint density at radius 2 is 2.23 bits per heavy atom. The lowest BCUT2D eigenvalue weighted by atomic mass is 10.1. The molecule has 116 valence electrons. The number of pyridine rings is 1. The molecule has 1 saturated heterocycles. The lowest BCUT2D eigenvalue weighted by molar-refractivity contribution is -0.128. The molecule has 0 aliphatic carbocycles. The molecule has 0 spiro atoms. The standard InChI is InChI=1S/C15H18N4O3/c1-21-7-4-13-17-15(22-18-13)12-8-14(20)19(10-12)9-11-2-5-16-6-3-11/h2-3,5-6,12H,4,7-10H2,1H3/t12-/m1/s1. The van der Waals surface area contributed by atoms with Gasteiger partial charge in [-0.1, -0.05) is 5.16 Å². The van der Waals surface area contributed by atoms with E-state index in [1.807, 2.05) is 17.0 Å². The van der Waals surface area contributed by atoms with E-state index in [1.54, 1.807) is 19.5 Å². The van der Waals surface area contributed by atoms with Crippen LogP contribution >= 0.6 is 0 Å². The zero-order valence-electron chi connectivity index (χ0n) is 12.4. The average molecular weight is 302 g/mol. The Balaban J connectivity index is 1.63. The van der Waals surface area contributed by atoms with E-state index < -0.39 is 0 Å². The number of hydrogen-bond donors (Lipinski definition) is 0. The second-order valence-electron chi connectivity index (χ2n) is 5.32. The summed E-state index contributed by atoms with van der Waals surface area (Å²) in [6.45, 7) is 1.74. The van der Waals surface area contributed by atoms with Crippen molar-refractivity contribution < 1.29 is 14.1 Å². The van der Waals surface area contributed by atoms with Crippen molar-refractivity contribution >= 4 is 5.91 Å². The summed E-state index contributed by atoms with van der Waals surface area (Å²) in [6, 6.07) is 3.83. The van der Waals surface area contributed by atoms with Crippen LogP contribution < -0.4 is 0 Å². The molecular formula is C15H18N4O3. The number of likely N-dealkylation sites (tertiary alicyclic amines) is 1. The van der Waals surface area contributed by atoms with Crippen molar-refractivity contribution in [2.75, 3.05) is 20.3 Å². The van der Waals surface area contributed by atoms with Gasteiger partial charge in [0.1, 0.15) is 0 Å². The number of nitrogens with zero attached hydrogens (tertiary/aromatic N) is 4. The normalized spacial score (nSPS) is 18.1. The van der Waals surface area contributed by atoms with Gasteiger partial charge in [0.05, 0.1) is 12.5 Å². The van der Waals surface area contributed by atoms with E-state index in [2.05, 4.69) is 15.1 Å². The quantitative estimate of drug-likeness (QED) is 0.796. The molecule has 1 aliphatic heterocycles. The number of ether oxygens (including phenoxy) is 1. The first-order valence-corrected chi connectivity index (χ1v) is 7.24. The lowest BCUT2D eigenvalue weighted by Gasteiger charge is -2.15. The second-order valence-corrected chi connectivity index (χ2v) is 5.32. The molecule has 0 unspecified atom stereocenters. The van der Waals surface area contributed by atoms with Crippen LogP contribution in [0.15, 0.2) is 29.0 Å². The maximum atomic E-state index is 12.1. The zero-order chi connectivity index (χ0) is 15.4. The van der Waals surface area contributed by atoms with E-state index in [1.165, 1.54) is 0 Å². The third-order valence-electron chi connectivity index (χ3n) is 3.70. The topological polar surface area (TPSA) is 81.4 Å². The summed E-state index contributed by atoms with van der Waals surface area (Å²) in [7, 11) is 1.63. The number of amides is 1. The fourth-order valence-corrected chi connectivity index (χ4v) is 2.53. The van der Waals surface area contributed by atoms with Crippen molar-refractivity contribution in [3.8, 4) is 0 Å². The van der Waals surface area contributed by atoms with Crippen LogP contribution in [0.3, 0.4) is 0 Å². The van der Waals surface area contributed by atoms with Gasteiger partial charge < -0.3 is 14.2 Å². The summed E-state index contributed by atoms with van der Waals surface area (Å²) in [5.74, 6) is 1.24. The molecule has 0 aromatic carbocycles. The molecule has 1 atom stereocenters. The number of rotatable bonds is 6. The van der Waals surface area contributed by atoms with Crippen LogP contribution in [-0.2, 0) is 22.5 Å². The van der Waals surface area contributed by atoms with Gasteiger partial charge in [-0.3, -0.25) is 9.78 Å². The third kappa shape index (κ3) is 3.30. The van der Waals surface area contributed by atoms with Gasteiger partial charge in [0.25, 0.3) is 0 Å². The Morgan fingerprint density at radius 3 is 3.00 bits per heavy atom. The van der Waals surface area contributed by atoms with Gasteiger partial charge in [0.2, 0.25) is 11.8 Å². The van der Waals surface area contributed by atoms with Gasteiger partial charge in [-0.2, -0.15) is 4.98 Å². The summed E-state index contributed by atoms with van der Waals surface area (Å²) in [5.41, 5.74) is 1.07. The highest BCUT2D eigenvalue weighted by atomic mass is 16.5. The summed E-state index contributed by atoms with van der Waals surface area (Å²) in [6.07, 6.45) is 4.49. The van der Waals surface area contributed by atoms with Gasteiger partial charge in [-0.25, -0.2) is 0 Å². The van der Waals surface area contributed by atoms with Crippen LogP contribution in [0.5, 0.6) is 0 Å². The molecule has 0 radical (unpaired) electrons. The highest BCUT2D eigenvalue weighted by Crippen LogP contribution is 2.28. The SMILES string of the molecule is COCCc1noc([C@@H]2CC(=O)N(Cc3ccncc3)C2)n1. The van der Waals surface area contributed by atoms with Gasteiger partial charge >= 0.3 is 0 Å². The molecule has 0 N–H and O–H groups in total. The van der Waals surface area contributed by atoms with Crippen LogP contribution in [0.25, 0.3) is 0 Å². The minimum Gasteiger partial charge on any atom is -0.384 e. The summed E-state index contributed by atoms with van der Waals surface area (Å²) < 4.78 is 10.3. The summed E-state index contributed by atoms with van der Waals surface area (Å²) >= 11 is 0. The van der Waals surface area contributed by atoms with Crippen LogP contribution in [-0.4, -0.2) is 46.2 Å². The number of carbonyl (C=O) groups excluding carboxylic acids is 1. The minimum absolute atomic E-state index is 0.0295. The van der Waals surface area contributed by atoms with E-state index in [0.29, 0.717) is 44.3 Å². The van der Waals surface area contributed by atoms with Crippen molar-refractivity contribution in [3.05, 3.63) is 41.8 Å². The summed E-state index contributed by atoms with van der Waals surface area (Å²) in [4.78, 5) is 22.3. The molecule has 0 saturated carbocycles. The largest absolute Gasteiger partial charge is 0.384 e. The van der Waals surface area contributed by atoms with Crippen molar-refractivity contribution in [2.45, 2.75) is 25.3 Å². The fourth-order valence-electron chi connectivity index (χ4n) is 2.53. The molecule has 3 heterocycles. The van der Waals surface area contributed by atoms with E-state index >= 15 is 0 Å². The molecule has 0 bridgehead atoms. The van der Waals surface area contributed by atoms with Gasteiger partial charge in [0.15, 0.2) is 5.82 Å². The Bertz CT molecular complexity index is 629. The van der Waals surface area contributed by atoms with Crippen molar-refractivity contribution in [1.29, 1.82) is 0 Å². The molecule has 1 amide bonds. The number of hydrogen-bond acceptors (Lipinski definition) is 6. The maximum absolute atomic E-state index is 12.1. The average Bonchev–Trinajstić information content (AvgIpc) is 3.14. The molecule has 22 heavy (non-hydrogen) atoms. The number of aromatic nitrogens is 3. The number of carbonyl (C=O) groups is 1. The molecular weight excluding hydrogens is 284 g/mol. The smallest absolute Gasteiger partial charge is 0.232 e. The van der Waals surface area contributed by atoms with Gasteiger partial charge in [-0.15, -0.1) is 0 Å². The highest BCUT2D eigenvalue weighted by Gasteiger charge is 2.34. The molecule has 1 fully saturated rings. The van der Waals surface area contributed by atoms with Gasteiger partial charge in [0, 0.05) is 45.4 Å². The maximum Gasteiger partial charge on any atom is 0.232 e. The van der Waals surface area contributed by atoms with Crippen LogP contribution in [0.4, 0.5) is 0 Å². The lowest BCUT2D eigenvalue weighted by Crippen LogP contribution is -2.24. The fraction of sp³-hybridized carbons (Fsp3) is 0.467. The van der Waals surface area contributed by atoms with Crippen LogP contribution in [0, 0.1) is 0 Å². The van der Waals surface area contributed by atoms with Crippen LogP contribution in [0.1, 0.15) is 29.6 Å². The Labute approximate surface area is 128 Å². The first kappa shape index (κ1) is 14.6. The van der Waals surface area contributed by atoms with E-state index in [-0.39, 0.29) is 11.8 Å². The van der Waals surface area contributed by atoms with Crippen LogP contribution in [0.2, 0.25) is 0 Å². The molecule has 2 aromatic heterocycles. The molecule has 1 aliphatic rings. The van der Waals surface area contributed by atoms with E-state index in [4.69, 9.17) is 9.26 Å². The molecule has 3 rings (SSSR count). The minimum atomic E-state index is -0.0295. The summed E-state index contributed by atoms with van der Waals surface area (Å²) in [5, 5.41) is 3.93. The zero-order valence-corrected chi connectivity index (χ0v) is 12.4. The van der Waals surface area contributed by atoms with Crippen molar-refractivity contribution in [3.63, 3.8) is 0 Å². The Hall–Kier alpha value is -2.28.